The van der Waals surface area contributed by atoms with Crippen molar-refractivity contribution in [1.29, 1.82) is 0 Å². The summed E-state index contributed by atoms with van der Waals surface area (Å²) in [5.41, 5.74) is 10.3. The number of thiophene rings is 1. The van der Waals surface area contributed by atoms with Crippen LogP contribution in [-0.4, -0.2) is 12.2 Å². The van der Waals surface area contributed by atoms with Gasteiger partial charge in [0.2, 0.25) is 0 Å². The van der Waals surface area contributed by atoms with Gasteiger partial charge in [-0.25, -0.2) is 0 Å². The van der Waals surface area contributed by atoms with Crippen LogP contribution in [-0.2, 0) is 0 Å². The number of nitrogen functional groups attached to an aromatic ring is 1. The van der Waals surface area contributed by atoms with Crippen molar-refractivity contribution < 1.29 is 4.79 Å². The van der Waals surface area contributed by atoms with Gasteiger partial charge in [-0.15, -0.1) is 11.3 Å². The van der Waals surface area contributed by atoms with Crippen LogP contribution in [0.4, 0.5) is 17.1 Å². The number of benzene rings is 2. The van der Waals surface area contributed by atoms with Crippen molar-refractivity contribution in [2.75, 3.05) is 22.0 Å². The smallest absolute Gasteiger partial charge is 0.265 e. The minimum Gasteiger partial charge on any atom is -0.398 e. The third kappa shape index (κ3) is 3.72. The molecule has 3 aromatic rings. The van der Waals surface area contributed by atoms with E-state index in [1.165, 1.54) is 23.3 Å². The zero-order chi connectivity index (χ0) is 16.9. The van der Waals surface area contributed by atoms with Gasteiger partial charge in [-0.2, -0.15) is 0 Å². The van der Waals surface area contributed by atoms with Gasteiger partial charge < -0.3 is 15.8 Å². The number of hydrogen-bond donors (Lipinski definition) is 3. The fourth-order valence-corrected chi connectivity index (χ4v) is 3.49. The Morgan fingerprint density at radius 3 is 2.67 bits per heavy atom. The van der Waals surface area contributed by atoms with Crippen LogP contribution in [0.2, 0.25) is 0 Å². The van der Waals surface area contributed by atoms with Crippen molar-refractivity contribution in [1.82, 2.24) is 0 Å². The first-order chi connectivity index (χ1) is 11.7. The molecule has 2 aromatic carbocycles. The molecule has 0 atom stereocenters. The van der Waals surface area contributed by atoms with E-state index in [2.05, 4.69) is 10.0 Å². The molecule has 1 aromatic heterocycles. The van der Waals surface area contributed by atoms with Gasteiger partial charge in [-0.05, 0) is 41.3 Å². The summed E-state index contributed by atoms with van der Waals surface area (Å²) >= 11 is 2.92. The molecule has 6 heteroatoms. The lowest BCUT2D eigenvalue weighted by molar-refractivity contribution is 0.103. The van der Waals surface area contributed by atoms with Gasteiger partial charge in [-0.1, -0.05) is 36.2 Å². The minimum absolute atomic E-state index is 0.123. The molecule has 1 heterocycles. The highest BCUT2D eigenvalue weighted by molar-refractivity contribution is 7.99. The Hall–Kier alpha value is -2.44. The van der Waals surface area contributed by atoms with Crippen molar-refractivity contribution >= 4 is 46.3 Å². The summed E-state index contributed by atoms with van der Waals surface area (Å²) in [6, 6.07) is 17.1. The van der Waals surface area contributed by atoms with Gasteiger partial charge in [0, 0.05) is 28.9 Å². The van der Waals surface area contributed by atoms with Gasteiger partial charge in [0.25, 0.3) is 5.91 Å². The molecule has 0 saturated heterocycles. The maximum atomic E-state index is 12.5. The molecule has 0 spiro atoms. The topological polar surface area (TPSA) is 67.1 Å². The zero-order valence-electron chi connectivity index (χ0n) is 13.1. The van der Waals surface area contributed by atoms with Crippen LogP contribution in [0, 0.1) is 0 Å². The molecule has 0 unspecified atom stereocenters. The Kier molecular flexibility index (Phi) is 5.08. The number of para-hydroxylation sites is 1. The molecule has 122 valence electrons. The first kappa shape index (κ1) is 16.4. The molecule has 0 aliphatic carbocycles. The minimum atomic E-state index is -0.123. The highest BCUT2D eigenvalue weighted by Crippen LogP contribution is 2.30. The summed E-state index contributed by atoms with van der Waals surface area (Å²) in [6.45, 7) is 0. The largest absolute Gasteiger partial charge is 0.398 e. The number of amides is 1. The van der Waals surface area contributed by atoms with E-state index in [4.69, 9.17) is 5.73 Å². The molecular formula is C18H17N3OS2. The Bertz CT molecular complexity index is 861. The van der Waals surface area contributed by atoms with Crippen molar-refractivity contribution in [3.05, 3.63) is 64.9 Å². The van der Waals surface area contributed by atoms with E-state index >= 15 is 0 Å². The summed E-state index contributed by atoms with van der Waals surface area (Å²) < 4.78 is 3.15. The average molecular weight is 355 g/mol. The summed E-state index contributed by atoms with van der Waals surface area (Å²) in [6.07, 6.45) is 1.95. The van der Waals surface area contributed by atoms with Gasteiger partial charge in [0.15, 0.2) is 0 Å². The Morgan fingerprint density at radius 2 is 1.88 bits per heavy atom. The van der Waals surface area contributed by atoms with E-state index in [-0.39, 0.29) is 5.91 Å². The van der Waals surface area contributed by atoms with Gasteiger partial charge in [0.1, 0.15) is 0 Å². The molecule has 0 aliphatic rings. The normalized spacial score (nSPS) is 10.4. The van der Waals surface area contributed by atoms with Crippen LogP contribution < -0.4 is 15.8 Å². The zero-order valence-corrected chi connectivity index (χ0v) is 14.7. The third-order valence-corrected chi connectivity index (χ3v) is 4.80. The van der Waals surface area contributed by atoms with E-state index in [1.807, 2.05) is 66.2 Å². The van der Waals surface area contributed by atoms with E-state index in [9.17, 15) is 4.79 Å². The SMILES string of the molecule is CSNc1cccc(NC(=O)c2cc(-c3ccccc3N)cs2)c1. The molecule has 0 bridgehead atoms. The first-order valence-corrected chi connectivity index (χ1v) is 9.41. The third-order valence-electron chi connectivity index (χ3n) is 3.44. The molecule has 3 rings (SSSR count). The highest BCUT2D eigenvalue weighted by Gasteiger charge is 2.12. The first-order valence-electron chi connectivity index (χ1n) is 7.31. The molecule has 0 aliphatic heterocycles. The maximum Gasteiger partial charge on any atom is 0.265 e. The maximum absolute atomic E-state index is 12.5. The fourth-order valence-electron chi connectivity index (χ4n) is 2.33. The van der Waals surface area contributed by atoms with Crippen molar-refractivity contribution in [2.45, 2.75) is 0 Å². The standard InChI is InChI=1S/C18H17N3OS2/c1-23-21-14-6-4-5-13(10-14)20-18(22)17-9-12(11-24-17)15-7-2-3-8-16(15)19/h2-11,21H,19H2,1H3,(H,20,22). The van der Waals surface area contributed by atoms with Gasteiger partial charge in [0.05, 0.1) is 4.88 Å². The molecule has 24 heavy (non-hydrogen) atoms. The lowest BCUT2D eigenvalue weighted by Gasteiger charge is -2.07. The Morgan fingerprint density at radius 1 is 1.08 bits per heavy atom. The molecule has 1 amide bonds. The van der Waals surface area contributed by atoms with Gasteiger partial charge >= 0.3 is 0 Å². The molecule has 4 N–H and O–H groups in total. The van der Waals surface area contributed by atoms with Crippen molar-refractivity contribution in [3.63, 3.8) is 0 Å². The van der Waals surface area contributed by atoms with Gasteiger partial charge in [-0.3, -0.25) is 4.79 Å². The molecule has 0 fully saturated rings. The predicted molar refractivity (Wildman–Crippen MR) is 106 cm³/mol. The van der Waals surface area contributed by atoms with Crippen LogP contribution in [0.1, 0.15) is 9.67 Å². The molecular weight excluding hydrogens is 338 g/mol. The van der Waals surface area contributed by atoms with E-state index in [0.29, 0.717) is 10.6 Å². The number of carbonyl (C=O) groups excluding carboxylic acids is 1. The molecule has 0 radical (unpaired) electrons. The van der Waals surface area contributed by atoms with E-state index in [1.54, 1.807) is 0 Å². The summed E-state index contributed by atoms with van der Waals surface area (Å²) in [7, 11) is 0. The lowest BCUT2D eigenvalue weighted by atomic mass is 10.1. The van der Waals surface area contributed by atoms with Crippen LogP contribution in [0.3, 0.4) is 0 Å². The number of rotatable bonds is 5. The predicted octanol–water partition coefficient (Wildman–Crippen LogP) is 4.94. The second-order valence-electron chi connectivity index (χ2n) is 5.13. The number of nitrogens with one attached hydrogen (secondary N) is 2. The van der Waals surface area contributed by atoms with Crippen LogP contribution in [0.15, 0.2) is 60.0 Å². The average Bonchev–Trinajstić information content (AvgIpc) is 3.06. The number of hydrogen-bond acceptors (Lipinski definition) is 5. The number of carbonyl (C=O) groups is 1. The quantitative estimate of drug-likeness (QED) is 0.448. The fraction of sp³-hybridized carbons (Fsp3) is 0.0556. The van der Waals surface area contributed by atoms with Crippen molar-refractivity contribution in [3.8, 4) is 11.1 Å². The number of nitrogens with two attached hydrogens (primary N) is 1. The van der Waals surface area contributed by atoms with E-state index in [0.717, 1.165) is 22.5 Å². The molecule has 4 nitrogen and oxygen atoms in total. The molecule has 0 saturated carbocycles. The highest BCUT2D eigenvalue weighted by atomic mass is 32.2. The van der Waals surface area contributed by atoms with Crippen LogP contribution in [0.5, 0.6) is 0 Å². The number of anilines is 3. The monoisotopic (exact) mass is 355 g/mol. The van der Waals surface area contributed by atoms with Crippen LogP contribution in [0.25, 0.3) is 11.1 Å². The second kappa shape index (κ2) is 7.42. The Labute approximate surface area is 149 Å². The summed E-state index contributed by atoms with van der Waals surface area (Å²) in [5.74, 6) is -0.123. The Balaban J connectivity index is 1.77. The van der Waals surface area contributed by atoms with Crippen molar-refractivity contribution in [2.24, 2.45) is 0 Å². The van der Waals surface area contributed by atoms with Crippen LogP contribution >= 0.6 is 23.3 Å². The summed E-state index contributed by atoms with van der Waals surface area (Å²) in [4.78, 5) is 13.1. The second-order valence-corrected chi connectivity index (χ2v) is 6.65. The lowest BCUT2D eigenvalue weighted by Crippen LogP contribution is -2.10. The summed E-state index contributed by atoms with van der Waals surface area (Å²) in [5, 5.41) is 4.88. The van der Waals surface area contributed by atoms with E-state index < -0.39 is 0 Å².